The molecule has 0 radical (unpaired) electrons. The number of thioether (sulfide) groups is 1. The first-order valence-corrected chi connectivity index (χ1v) is 10.9. The summed E-state index contributed by atoms with van der Waals surface area (Å²) in [6, 6.07) is 11.2. The number of hydrogen-bond acceptors (Lipinski definition) is 6. The van der Waals surface area contributed by atoms with Gasteiger partial charge in [-0.05, 0) is 63.6 Å². The van der Waals surface area contributed by atoms with Gasteiger partial charge in [0.05, 0.1) is 38.7 Å². The molecule has 2 aromatic rings. The van der Waals surface area contributed by atoms with Crippen LogP contribution in [0.2, 0.25) is 0 Å². The van der Waals surface area contributed by atoms with Gasteiger partial charge >= 0.3 is 0 Å². The average Bonchev–Trinajstić information content (AvgIpc) is 2.74. The second kappa shape index (κ2) is 11.6. The lowest BCUT2D eigenvalue weighted by Gasteiger charge is -2.20. The van der Waals surface area contributed by atoms with E-state index in [1.807, 2.05) is 64.1 Å². The van der Waals surface area contributed by atoms with E-state index in [-0.39, 0.29) is 17.2 Å². The maximum absolute atomic E-state index is 12.7. The summed E-state index contributed by atoms with van der Waals surface area (Å²) in [5.74, 6) is 2.65. The van der Waals surface area contributed by atoms with Crippen molar-refractivity contribution in [2.45, 2.75) is 43.9 Å². The third kappa shape index (κ3) is 6.23. The van der Waals surface area contributed by atoms with E-state index < -0.39 is 0 Å². The minimum atomic E-state index is -0.278. The maximum Gasteiger partial charge on any atom is 0.233 e. The number of hydrogen-bond donors (Lipinski definition) is 1. The molecule has 2 rings (SSSR count). The van der Waals surface area contributed by atoms with Crippen molar-refractivity contribution < 1.29 is 23.7 Å². The van der Waals surface area contributed by atoms with Crippen LogP contribution in [0, 0.1) is 0 Å². The highest BCUT2D eigenvalue weighted by Gasteiger charge is 2.19. The first kappa shape index (κ1) is 23.7. The third-order valence-corrected chi connectivity index (χ3v) is 5.56. The lowest BCUT2D eigenvalue weighted by molar-refractivity contribution is -0.120. The number of ether oxygens (including phenoxy) is 4. The largest absolute Gasteiger partial charge is 0.493 e. The normalized spacial score (nSPS) is 12.6. The molecule has 0 aromatic heterocycles. The van der Waals surface area contributed by atoms with Crippen LogP contribution in [0.5, 0.6) is 23.0 Å². The molecule has 2 aromatic carbocycles. The number of carbonyl (C=O) groups excluding carboxylic acids is 1. The summed E-state index contributed by atoms with van der Waals surface area (Å²) in [6.07, 6.45) is 0. The summed E-state index contributed by atoms with van der Waals surface area (Å²) in [5.41, 5.74) is 0.957. The molecule has 1 amide bonds. The Morgan fingerprint density at radius 2 is 1.53 bits per heavy atom. The van der Waals surface area contributed by atoms with E-state index in [1.54, 1.807) is 14.2 Å². The summed E-state index contributed by atoms with van der Waals surface area (Å²) in [4.78, 5) is 13.7. The van der Waals surface area contributed by atoms with E-state index in [0.29, 0.717) is 36.2 Å². The Kier molecular flexibility index (Phi) is 9.17. The van der Waals surface area contributed by atoms with Gasteiger partial charge in [-0.1, -0.05) is 6.07 Å². The predicted octanol–water partition coefficient (Wildman–Crippen LogP) is 4.86. The smallest absolute Gasteiger partial charge is 0.233 e. The van der Waals surface area contributed by atoms with Crippen molar-refractivity contribution in [1.82, 2.24) is 5.32 Å². The van der Waals surface area contributed by atoms with Crippen molar-refractivity contribution in [2.75, 3.05) is 27.4 Å². The molecule has 0 aliphatic carbocycles. The van der Waals surface area contributed by atoms with Gasteiger partial charge in [0.15, 0.2) is 23.0 Å². The number of amides is 1. The SMILES string of the molecule is CCOc1ccc([C@@H](C)NC(=O)[C@@H](C)Sc2ccc(OC)c(OC)c2)cc1OCC. The standard InChI is InChI=1S/C23H31NO5S/c1-7-28-20-11-9-17(13-22(20)29-8-2)15(3)24-23(25)16(4)30-18-10-12-19(26-5)21(14-18)27-6/h9-16H,7-8H2,1-6H3,(H,24,25)/t15-,16-/m1/s1. The fraction of sp³-hybridized carbons (Fsp3) is 0.435. The van der Waals surface area contributed by atoms with E-state index in [1.165, 1.54) is 11.8 Å². The van der Waals surface area contributed by atoms with Crippen LogP contribution < -0.4 is 24.3 Å². The van der Waals surface area contributed by atoms with Crippen LogP contribution in [0.4, 0.5) is 0 Å². The van der Waals surface area contributed by atoms with Gasteiger partial charge in [0.2, 0.25) is 5.91 Å². The van der Waals surface area contributed by atoms with Crippen molar-refractivity contribution >= 4 is 17.7 Å². The molecule has 0 aliphatic rings. The van der Waals surface area contributed by atoms with Gasteiger partial charge in [-0.15, -0.1) is 11.8 Å². The Bertz CT molecular complexity index is 842. The molecule has 30 heavy (non-hydrogen) atoms. The van der Waals surface area contributed by atoms with Crippen LogP contribution in [0.3, 0.4) is 0 Å². The summed E-state index contributed by atoms with van der Waals surface area (Å²) in [7, 11) is 3.19. The first-order valence-electron chi connectivity index (χ1n) is 10.0. The lowest BCUT2D eigenvalue weighted by atomic mass is 10.1. The molecule has 0 unspecified atom stereocenters. The highest BCUT2D eigenvalue weighted by Crippen LogP contribution is 2.34. The van der Waals surface area contributed by atoms with Crippen LogP contribution >= 0.6 is 11.8 Å². The molecule has 164 valence electrons. The lowest BCUT2D eigenvalue weighted by Crippen LogP contribution is -2.33. The zero-order valence-electron chi connectivity index (χ0n) is 18.5. The molecule has 6 nitrogen and oxygen atoms in total. The highest BCUT2D eigenvalue weighted by atomic mass is 32.2. The topological polar surface area (TPSA) is 66.0 Å². The Morgan fingerprint density at radius 3 is 2.17 bits per heavy atom. The summed E-state index contributed by atoms with van der Waals surface area (Å²) in [6.45, 7) is 8.81. The van der Waals surface area contributed by atoms with Gasteiger partial charge in [-0.2, -0.15) is 0 Å². The zero-order chi connectivity index (χ0) is 22.1. The number of nitrogens with one attached hydrogen (secondary N) is 1. The summed E-state index contributed by atoms with van der Waals surface area (Å²) >= 11 is 1.47. The van der Waals surface area contributed by atoms with Gasteiger partial charge in [-0.25, -0.2) is 0 Å². The molecule has 0 saturated carbocycles. The van der Waals surface area contributed by atoms with Crippen LogP contribution in [-0.4, -0.2) is 38.6 Å². The molecule has 2 atom stereocenters. The quantitative estimate of drug-likeness (QED) is 0.511. The first-order chi connectivity index (χ1) is 14.4. The van der Waals surface area contributed by atoms with Crippen LogP contribution in [-0.2, 0) is 4.79 Å². The molecule has 0 spiro atoms. The fourth-order valence-corrected chi connectivity index (χ4v) is 3.80. The summed E-state index contributed by atoms with van der Waals surface area (Å²) < 4.78 is 21.9. The minimum Gasteiger partial charge on any atom is -0.493 e. The van der Waals surface area contributed by atoms with Crippen molar-refractivity contribution in [3.05, 3.63) is 42.0 Å². The van der Waals surface area contributed by atoms with E-state index in [2.05, 4.69) is 5.32 Å². The molecule has 0 saturated heterocycles. The van der Waals surface area contributed by atoms with E-state index >= 15 is 0 Å². The van der Waals surface area contributed by atoms with Crippen LogP contribution in [0.15, 0.2) is 41.3 Å². The number of carbonyl (C=O) groups is 1. The molecule has 7 heteroatoms. The van der Waals surface area contributed by atoms with Gasteiger partial charge < -0.3 is 24.3 Å². The van der Waals surface area contributed by atoms with Crippen molar-refractivity contribution in [3.63, 3.8) is 0 Å². The molecule has 0 bridgehead atoms. The molecule has 0 fully saturated rings. The Hall–Kier alpha value is -2.54. The average molecular weight is 434 g/mol. The monoisotopic (exact) mass is 433 g/mol. The predicted molar refractivity (Wildman–Crippen MR) is 120 cm³/mol. The van der Waals surface area contributed by atoms with E-state index in [9.17, 15) is 4.79 Å². The molecule has 0 heterocycles. The van der Waals surface area contributed by atoms with Gasteiger partial charge in [0.25, 0.3) is 0 Å². The van der Waals surface area contributed by atoms with E-state index in [4.69, 9.17) is 18.9 Å². The number of methoxy groups -OCH3 is 2. The highest BCUT2D eigenvalue weighted by molar-refractivity contribution is 8.00. The molecule has 0 aliphatic heterocycles. The van der Waals surface area contributed by atoms with Gasteiger partial charge in [0, 0.05) is 4.90 Å². The zero-order valence-corrected chi connectivity index (χ0v) is 19.3. The van der Waals surface area contributed by atoms with Gasteiger partial charge in [-0.3, -0.25) is 4.79 Å². The Morgan fingerprint density at radius 1 is 0.900 bits per heavy atom. The second-order valence-electron chi connectivity index (χ2n) is 6.58. The molecule has 1 N–H and O–H groups in total. The van der Waals surface area contributed by atoms with Crippen molar-refractivity contribution in [3.8, 4) is 23.0 Å². The van der Waals surface area contributed by atoms with Crippen molar-refractivity contribution in [1.29, 1.82) is 0 Å². The Balaban J connectivity index is 2.05. The molecular weight excluding hydrogens is 402 g/mol. The van der Waals surface area contributed by atoms with Crippen molar-refractivity contribution in [2.24, 2.45) is 0 Å². The Labute approximate surface area is 183 Å². The number of benzene rings is 2. The maximum atomic E-state index is 12.7. The minimum absolute atomic E-state index is 0.0471. The molecular formula is C23H31NO5S. The second-order valence-corrected chi connectivity index (χ2v) is 7.99. The van der Waals surface area contributed by atoms with Crippen LogP contribution in [0.1, 0.15) is 39.3 Å². The number of rotatable bonds is 11. The van der Waals surface area contributed by atoms with Gasteiger partial charge in [0.1, 0.15) is 0 Å². The summed E-state index contributed by atoms with van der Waals surface area (Å²) in [5, 5.41) is 2.80. The fourth-order valence-electron chi connectivity index (χ4n) is 2.90. The van der Waals surface area contributed by atoms with Crippen LogP contribution in [0.25, 0.3) is 0 Å². The third-order valence-electron chi connectivity index (χ3n) is 4.46. The van der Waals surface area contributed by atoms with E-state index in [0.717, 1.165) is 10.5 Å².